The lowest BCUT2D eigenvalue weighted by Crippen LogP contribution is -1.97. The van der Waals surface area contributed by atoms with Gasteiger partial charge in [-0.3, -0.25) is 4.98 Å². The minimum absolute atomic E-state index is 0.0104. The van der Waals surface area contributed by atoms with Crippen LogP contribution in [0, 0.1) is 0 Å². The average Bonchev–Trinajstić information content (AvgIpc) is 2.56. The fourth-order valence-corrected chi connectivity index (χ4v) is 1.22. The molecule has 0 aliphatic carbocycles. The van der Waals surface area contributed by atoms with Gasteiger partial charge in [-0.25, -0.2) is 4.99 Å². The molecule has 0 saturated carbocycles. The lowest BCUT2D eigenvalue weighted by atomic mass is 10.1. The first-order valence-corrected chi connectivity index (χ1v) is 3.91. The predicted octanol–water partition coefficient (Wildman–Crippen LogP) is 1.71. The third-order valence-corrected chi connectivity index (χ3v) is 1.83. The molecule has 1 radical (unpaired) electrons. The quantitative estimate of drug-likeness (QED) is 0.661. The van der Waals surface area contributed by atoms with Crippen LogP contribution >= 0.6 is 11.6 Å². The first kappa shape index (κ1) is 7.55. The van der Waals surface area contributed by atoms with Crippen LogP contribution in [0.1, 0.15) is 11.6 Å². The van der Waals surface area contributed by atoms with Crippen molar-refractivity contribution in [2.45, 2.75) is 6.04 Å². The fourth-order valence-electron chi connectivity index (χ4n) is 1.04. The molecular formula is C8H6ClN2O. The lowest BCUT2D eigenvalue weighted by molar-refractivity contribution is 0.330. The Hall–Kier alpha value is -1.09. The summed E-state index contributed by atoms with van der Waals surface area (Å²) >= 11 is 5.76. The maximum absolute atomic E-state index is 5.76. The van der Waals surface area contributed by atoms with E-state index in [-0.39, 0.29) is 6.04 Å². The Bertz CT molecular complexity index is 314. The zero-order valence-corrected chi connectivity index (χ0v) is 6.95. The van der Waals surface area contributed by atoms with Gasteiger partial charge in [0.1, 0.15) is 12.6 Å². The number of halogens is 1. The van der Waals surface area contributed by atoms with Gasteiger partial charge in [-0.1, -0.05) is 11.6 Å². The summed E-state index contributed by atoms with van der Waals surface area (Å²) in [5, 5.41) is 0.620. The van der Waals surface area contributed by atoms with Crippen LogP contribution in [0.5, 0.6) is 0 Å². The van der Waals surface area contributed by atoms with Crippen LogP contribution in [0.25, 0.3) is 0 Å². The Labute approximate surface area is 75.1 Å². The Morgan fingerprint density at radius 1 is 1.58 bits per heavy atom. The van der Waals surface area contributed by atoms with Gasteiger partial charge in [0.25, 0.3) is 6.40 Å². The van der Waals surface area contributed by atoms with Crippen LogP contribution in [0.4, 0.5) is 0 Å². The molecular weight excluding hydrogens is 176 g/mol. The van der Waals surface area contributed by atoms with Crippen molar-refractivity contribution >= 4 is 18.0 Å². The van der Waals surface area contributed by atoms with E-state index >= 15 is 0 Å². The van der Waals surface area contributed by atoms with Crippen LogP contribution < -0.4 is 0 Å². The second-order valence-corrected chi connectivity index (χ2v) is 2.92. The molecule has 0 saturated heterocycles. The smallest absolute Gasteiger partial charge is 0.273 e. The molecule has 1 unspecified atom stereocenters. The van der Waals surface area contributed by atoms with E-state index in [1.165, 1.54) is 0 Å². The molecule has 12 heavy (non-hydrogen) atoms. The Morgan fingerprint density at radius 2 is 2.50 bits per heavy atom. The minimum atomic E-state index is 0.0104. The van der Waals surface area contributed by atoms with E-state index in [1.54, 1.807) is 12.4 Å². The molecule has 1 aromatic heterocycles. The number of hydrogen-bond acceptors (Lipinski definition) is 3. The molecule has 0 spiro atoms. The summed E-state index contributed by atoms with van der Waals surface area (Å²) in [6, 6.07) is 1.84. The molecule has 0 N–H and O–H groups in total. The van der Waals surface area contributed by atoms with E-state index in [0.717, 1.165) is 5.56 Å². The molecule has 0 aromatic carbocycles. The van der Waals surface area contributed by atoms with Crippen molar-refractivity contribution in [2.75, 3.05) is 6.61 Å². The molecule has 4 heteroatoms. The molecule has 1 atom stereocenters. The fraction of sp³-hybridized carbons (Fsp3) is 0.250. The van der Waals surface area contributed by atoms with Gasteiger partial charge in [0.05, 0.1) is 5.02 Å². The number of ether oxygens (including phenoxy) is 1. The van der Waals surface area contributed by atoms with E-state index in [9.17, 15) is 0 Å². The largest absolute Gasteiger partial charge is 0.471 e. The summed E-state index contributed by atoms with van der Waals surface area (Å²) in [6.07, 6.45) is 5.77. The Balaban J connectivity index is 2.27. The van der Waals surface area contributed by atoms with Gasteiger partial charge in [-0.2, -0.15) is 0 Å². The monoisotopic (exact) mass is 181 g/mol. The van der Waals surface area contributed by atoms with Gasteiger partial charge in [-0.05, 0) is 11.6 Å². The molecule has 0 amide bonds. The van der Waals surface area contributed by atoms with Crippen LogP contribution in [0.2, 0.25) is 5.02 Å². The molecule has 1 aliphatic heterocycles. The lowest BCUT2D eigenvalue weighted by Gasteiger charge is -2.03. The molecule has 3 nitrogen and oxygen atoms in total. The second-order valence-electron chi connectivity index (χ2n) is 2.48. The molecule has 0 fully saturated rings. The number of aromatic nitrogens is 1. The molecule has 1 aliphatic rings. The topological polar surface area (TPSA) is 34.5 Å². The number of nitrogens with zero attached hydrogens (tertiary/aromatic N) is 2. The van der Waals surface area contributed by atoms with Crippen molar-refractivity contribution < 1.29 is 4.74 Å². The molecule has 0 bridgehead atoms. The number of hydrogen-bond donors (Lipinski definition) is 0. The van der Waals surface area contributed by atoms with Crippen molar-refractivity contribution in [2.24, 2.45) is 4.99 Å². The van der Waals surface area contributed by atoms with Crippen molar-refractivity contribution in [1.82, 2.24) is 4.98 Å². The molecule has 61 valence electrons. The predicted molar refractivity (Wildman–Crippen MR) is 45.4 cm³/mol. The van der Waals surface area contributed by atoms with E-state index in [2.05, 4.69) is 16.4 Å². The van der Waals surface area contributed by atoms with Crippen molar-refractivity contribution in [3.63, 3.8) is 0 Å². The highest BCUT2D eigenvalue weighted by atomic mass is 35.5. The van der Waals surface area contributed by atoms with Crippen LogP contribution in [-0.2, 0) is 4.74 Å². The maximum atomic E-state index is 5.76. The highest BCUT2D eigenvalue weighted by molar-refractivity contribution is 6.30. The van der Waals surface area contributed by atoms with Crippen molar-refractivity contribution in [3.05, 3.63) is 29.0 Å². The summed E-state index contributed by atoms with van der Waals surface area (Å²) in [7, 11) is 0. The summed E-state index contributed by atoms with van der Waals surface area (Å²) in [4.78, 5) is 7.93. The zero-order valence-electron chi connectivity index (χ0n) is 6.20. The summed E-state index contributed by atoms with van der Waals surface area (Å²) in [6.45, 7) is 0.530. The normalized spacial score (nSPS) is 20.9. The van der Waals surface area contributed by atoms with Crippen molar-refractivity contribution in [1.29, 1.82) is 0 Å². The van der Waals surface area contributed by atoms with E-state index < -0.39 is 0 Å². The average molecular weight is 182 g/mol. The van der Waals surface area contributed by atoms with Gasteiger partial charge in [-0.15, -0.1) is 0 Å². The van der Waals surface area contributed by atoms with Gasteiger partial charge < -0.3 is 4.74 Å². The summed E-state index contributed by atoms with van der Waals surface area (Å²) in [5.41, 5.74) is 0.965. The van der Waals surface area contributed by atoms with E-state index in [0.29, 0.717) is 11.6 Å². The van der Waals surface area contributed by atoms with Gasteiger partial charge in [0, 0.05) is 12.4 Å². The molecule has 2 rings (SSSR count). The Kier molecular flexibility index (Phi) is 1.96. The highest BCUT2D eigenvalue weighted by Gasteiger charge is 2.15. The minimum Gasteiger partial charge on any atom is -0.471 e. The van der Waals surface area contributed by atoms with Gasteiger partial charge >= 0.3 is 0 Å². The summed E-state index contributed by atoms with van der Waals surface area (Å²) in [5.74, 6) is 0. The molecule has 2 heterocycles. The van der Waals surface area contributed by atoms with Gasteiger partial charge in [0.15, 0.2) is 0 Å². The third-order valence-electron chi connectivity index (χ3n) is 1.63. The van der Waals surface area contributed by atoms with Gasteiger partial charge in [0.2, 0.25) is 0 Å². The third kappa shape index (κ3) is 1.41. The summed E-state index contributed by atoms with van der Waals surface area (Å²) < 4.78 is 4.86. The SMILES string of the molecule is Clc1cncc(C2CO[C]=N2)c1. The van der Waals surface area contributed by atoms with E-state index in [4.69, 9.17) is 16.3 Å². The number of rotatable bonds is 1. The zero-order chi connectivity index (χ0) is 8.39. The maximum Gasteiger partial charge on any atom is 0.273 e. The van der Waals surface area contributed by atoms with Crippen LogP contribution in [0.3, 0.4) is 0 Å². The standard InChI is InChI=1S/C8H6ClN2O/c9-7-1-6(2-10-3-7)8-4-12-5-11-8/h1-3,8H,4H2. The molecule has 1 aromatic rings. The van der Waals surface area contributed by atoms with Crippen molar-refractivity contribution in [3.8, 4) is 0 Å². The first-order valence-electron chi connectivity index (χ1n) is 3.53. The van der Waals surface area contributed by atoms with Crippen LogP contribution in [0.15, 0.2) is 23.5 Å². The first-order chi connectivity index (χ1) is 5.86. The number of aliphatic imine (C=N–C) groups is 1. The van der Waals surface area contributed by atoms with Crippen LogP contribution in [-0.4, -0.2) is 18.0 Å². The van der Waals surface area contributed by atoms with E-state index in [1.807, 2.05) is 6.07 Å². The Morgan fingerprint density at radius 3 is 3.17 bits per heavy atom. The number of pyridine rings is 1. The second kappa shape index (κ2) is 3.11. The highest BCUT2D eigenvalue weighted by Crippen LogP contribution is 2.21.